The molecule has 0 aliphatic carbocycles. The molecule has 0 spiro atoms. The third-order valence-corrected chi connectivity index (χ3v) is 4.19. The van der Waals surface area contributed by atoms with Crippen molar-refractivity contribution in [1.82, 2.24) is 5.32 Å². The van der Waals surface area contributed by atoms with Gasteiger partial charge in [0.1, 0.15) is 0 Å². The topological polar surface area (TPSA) is 66.4 Å². The molecule has 0 aliphatic rings. The van der Waals surface area contributed by atoms with Gasteiger partial charge in [-0.15, -0.1) is 11.3 Å². The van der Waals surface area contributed by atoms with Crippen LogP contribution in [0, 0.1) is 5.41 Å². The van der Waals surface area contributed by atoms with Gasteiger partial charge in [0.05, 0.1) is 15.3 Å². The first-order valence-corrected chi connectivity index (χ1v) is 7.63. The van der Waals surface area contributed by atoms with Crippen molar-refractivity contribution >= 4 is 34.6 Å². The Labute approximate surface area is 128 Å². The first-order valence-electron chi connectivity index (χ1n) is 6.43. The van der Waals surface area contributed by atoms with Gasteiger partial charge in [0.25, 0.3) is 0 Å². The predicted octanol–water partition coefficient (Wildman–Crippen LogP) is 2.89. The lowest BCUT2D eigenvalue weighted by molar-refractivity contribution is -0.121. The largest absolute Gasteiger partial charge is 0.391 e. The smallest absolute Gasteiger partial charge is 0.220 e. The number of rotatable bonds is 6. The summed E-state index contributed by atoms with van der Waals surface area (Å²) in [5, 5.41) is 12.4. The van der Waals surface area contributed by atoms with Gasteiger partial charge < -0.3 is 10.4 Å². The van der Waals surface area contributed by atoms with Crippen LogP contribution >= 0.6 is 22.9 Å². The number of Topliss-reactive ketones (excluding diaryl/α,β-unsaturated/α-hetero) is 1. The predicted molar refractivity (Wildman–Crippen MR) is 81.4 cm³/mol. The molecule has 1 aromatic rings. The first kappa shape index (κ1) is 17.1. The van der Waals surface area contributed by atoms with E-state index in [0.29, 0.717) is 9.21 Å². The Bertz CT molecular complexity index is 479. The summed E-state index contributed by atoms with van der Waals surface area (Å²) in [7, 11) is 0. The zero-order chi connectivity index (χ0) is 15.3. The number of amides is 1. The molecular formula is C14H20ClNO3S. The van der Waals surface area contributed by atoms with E-state index in [1.54, 1.807) is 12.1 Å². The van der Waals surface area contributed by atoms with Gasteiger partial charge in [-0.1, -0.05) is 32.4 Å². The third-order valence-electron chi connectivity index (χ3n) is 2.92. The lowest BCUT2D eigenvalue weighted by atomic mass is 9.89. The molecule has 1 heterocycles. The average Bonchev–Trinajstić information content (AvgIpc) is 2.78. The summed E-state index contributed by atoms with van der Waals surface area (Å²) < 4.78 is 0.561. The Hall–Kier alpha value is -0.910. The molecule has 112 valence electrons. The van der Waals surface area contributed by atoms with E-state index in [0.717, 1.165) is 0 Å². The van der Waals surface area contributed by atoms with E-state index < -0.39 is 6.10 Å². The molecule has 0 saturated carbocycles. The normalized spacial score (nSPS) is 13.1. The number of hydrogen-bond acceptors (Lipinski definition) is 4. The van der Waals surface area contributed by atoms with Gasteiger partial charge in [-0.25, -0.2) is 0 Å². The minimum Gasteiger partial charge on any atom is -0.391 e. The van der Waals surface area contributed by atoms with E-state index in [2.05, 4.69) is 5.32 Å². The molecule has 4 nitrogen and oxygen atoms in total. The molecule has 1 aromatic heterocycles. The zero-order valence-electron chi connectivity index (χ0n) is 11.9. The second-order valence-corrected chi connectivity index (χ2v) is 7.43. The van der Waals surface area contributed by atoms with Crippen molar-refractivity contribution < 1.29 is 14.7 Å². The van der Waals surface area contributed by atoms with Crippen molar-refractivity contribution in [3.05, 3.63) is 21.3 Å². The van der Waals surface area contributed by atoms with Crippen LogP contribution < -0.4 is 5.32 Å². The van der Waals surface area contributed by atoms with Crippen molar-refractivity contribution in [1.29, 1.82) is 0 Å². The highest BCUT2D eigenvalue weighted by Gasteiger charge is 2.22. The molecule has 0 bridgehead atoms. The molecule has 1 unspecified atom stereocenters. The minimum atomic E-state index is -0.613. The van der Waals surface area contributed by atoms with Crippen LogP contribution in [0.2, 0.25) is 4.34 Å². The Morgan fingerprint density at radius 3 is 2.50 bits per heavy atom. The standard InChI is InChI=1S/C14H20ClNO3S/c1-14(2,3)11(18)8-16-13(19)7-4-9(17)10-5-6-12(15)20-10/h5-6,11,18H,4,7-8H2,1-3H3,(H,16,19). The molecule has 1 atom stereocenters. The Kier molecular flexibility index (Phi) is 6.17. The fraction of sp³-hybridized carbons (Fsp3) is 0.571. The van der Waals surface area contributed by atoms with Crippen LogP contribution in [-0.2, 0) is 4.79 Å². The summed E-state index contributed by atoms with van der Waals surface area (Å²) in [5.41, 5.74) is -0.281. The number of ketones is 1. The SMILES string of the molecule is CC(C)(C)C(O)CNC(=O)CCC(=O)c1ccc(Cl)s1. The van der Waals surface area contributed by atoms with E-state index in [1.807, 2.05) is 20.8 Å². The van der Waals surface area contributed by atoms with Crippen LogP contribution in [0.5, 0.6) is 0 Å². The maximum atomic E-state index is 11.8. The molecule has 6 heteroatoms. The molecule has 0 aromatic carbocycles. The molecule has 0 aliphatic heterocycles. The molecule has 2 N–H and O–H groups in total. The van der Waals surface area contributed by atoms with Gasteiger partial charge in [0.2, 0.25) is 5.91 Å². The van der Waals surface area contributed by atoms with Gasteiger partial charge in [-0.2, -0.15) is 0 Å². The lowest BCUT2D eigenvalue weighted by Gasteiger charge is -2.25. The number of carbonyl (C=O) groups excluding carboxylic acids is 2. The van der Waals surface area contributed by atoms with Gasteiger partial charge in [-0.3, -0.25) is 9.59 Å². The summed E-state index contributed by atoms with van der Waals surface area (Å²) in [4.78, 5) is 24.0. The fourth-order valence-corrected chi connectivity index (χ4v) is 2.43. The molecular weight excluding hydrogens is 298 g/mol. The number of aliphatic hydroxyl groups excluding tert-OH is 1. The number of nitrogens with one attached hydrogen (secondary N) is 1. The number of carbonyl (C=O) groups is 2. The summed E-state index contributed by atoms with van der Waals surface area (Å²) >= 11 is 6.97. The van der Waals surface area contributed by atoms with Gasteiger partial charge in [0.15, 0.2) is 5.78 Å². The monoisotopic (exact) mass is 317 g/mol. The zero-order valence-corrected chi connectivity index (χ0v) is 13.5. The summed E-state index contributed by atoms with van der Waals surface area (Å²) in [6, 6.07) is 3.33. The molecule has 0 radical (unpaired) electrons. The van der Waals surface area contributed by atoms with E-state index in [4.69, 9.17) is 11.6 Å². The van der Waals surface area contributed by atoms with Crippen molar-refractivity contribution in [3.8, 4) is 0 Å². The summed E-state index contributed by atoms with van der Waals surface area (Å²) in [6.07, 6.45) is -0.349. The maximum Gasteiger partial charge on any atom is 0.220 e. The van der Waals surface area contributed by atoms with E-state index >= 15 is 0 Å². The third kappa shape index (κ3) is 5.61. The second kappa shape index (κ2) is 7.20. The van der Waals surface area contributed by atoms with Crippen LogP contribution in [0.15, 0.2) is 12.1 Å². The second-order valence-electron chi connectivity index (χ2n) is 5.71. The number of hydrogen-bond donors (Lipinski definition) is 2. The summed E-state index contributed by atoms with van der Waals surface area (Å²) in [5.74, 6) is -0.322. The number of halogens is 1. The fourth-order valence-electron chi connectivity index (χ4n) is 1.42. The van der Waals surface area contributed by atoms with E-state index in [9.17, 15) is 14.7 Å². The van der Waals surface area contributed by atoms with Crippen molar-refractivity contribution in [2.24, 2.45) is 5.41 Å². The van der Waals surface area contributed by atoms with E-state index in [-0.39, 0.29) is 36.5 Å². The molecule has 1 amide bonds. The summed E-state index contributed by atoms with van der Waals surface area (Å²) in [6.45, 7) is 5.89. The van der Waals surface area contributed by atoms with Crippen molar-refractivity contribution in [3.63, 3.8) is 0 Å². The maximum absolute atomic E-state index is 11.8. The first-order chi connectivity index (χ1) is 9.20. The minimum absolute atomic E-state index is 0.0894. The molecule has 0 saturated heterocycles. The molecule has 0 fully saturated rings. The Morgan fingerprint density at radius 1 is 1.35 bits per heavy atom. The van der Waals surface area contributed by atoms with E-state index in [1.165, 1.54) is 11.3 Å². The highest BCUT2D eigenvalue weighted by Crippen LogP contribution is 2.23. The average molecular weight is 318 g/mol. The van der Waals surface area contributed by atoms with Crippen LogP contribution in [0.25, 0.3) is 0 Å². The highest BCUT2D eigenvalue weighted by molar-refractivity contribution is 7.18. The Balaban J connectivity index is 2.32. The highest BCUT2D eigenvalue weighted by atomic mass is 35.5. The molecule has 1 rings (SSSR count). The van der Waals surface area contributed by atoms with Gasteiger partial charge >= 0.3 is 0 Å². The van der Waals surface area contributed by atoms with Gasteiger partial charge in [0, 0.05) is 19.4 Å². The van der Waals surface area contributed by atoms with Crippen molar-refractivity contribution in [2.45, 2.75) is 39.7 Å². The lowest BCUT2D eigenvalue weighted by Crippen LogP contribution is -2.39. The van der Waals surface area contributed by atoms with Crippen LogP contribution in [0.4, 0.5) is 0 Å². The van der Waals surface area contributed by atoms with Crippen LogP contribution in [0.3, 0.4) is 0 Å². The number of thiophene rings is 1. The van der Waals surface area contributed by atoms with Gasteiger partial charge in [-0.05, 0) is 17.5 Å². The van der Waals surface area contributed by atoms with Crippen LogP contribution in [0.1, 0.15) is 43.3 Å². The number of aliphatic hydroxyl groups is 1. The Morgan fingerprint density at radius 2 is 2.00 bits per heavy atom. The van der Waals surface area contributed by atoms with Crippen molar-refractivity contribution in [2.75, 3.05) is 6.54 Å². The molecule has 20 heavy (non-hydrogen) atoms. The quantitative estimate of drug-likeness (QED) is 0.793. The van der Waals surface area contributed by atoms with Crippen LogP contribution in [-0.4, -0.2) is 29.4 Å².